The first-order chi connectivity index (χ1) is 19.7. The molecule has 2 N–H and O–H groups in total. The summed E-state index contributed by atoms with van der Waals surface area (Å²) in [5.74, 6) is -0.208. The number of hydrogen-bond acceptors (Lipinski definition) is 5. The average molecular weight is 561 g/mol. The summed E-state index contributed by atoms with van der Waals surface area (Å²) in [6.45, 7) is 6.41. The maximum atomic E-state index is 13.4. The SMILES string of the molecule is COc1ccc([C@H](C)NC(=O)C2CCCN2C(=O)CNC(=O)c2ccc3cc(F)ccc3n2)c(/C=C/CC(C)C)c1. The van der Waals surface area contributed by atoms with Crippen LogP contribution in [0.25, 0.3) is 17.0 Å². The van der Waals surface area contributed by atoms with Gasteiger partial charge in [0.25, 0.3) is 5.91 Å². The molecular weight excluding hydrogens is 523 g/mol. The summed E-state index contributed by atoms with van der Waals surface area (Å²) in [4.78, 5) is 44.8. The Morgan fingerprint density at radius 2 is 1.93 bits per heavy atom. The Kier molecular flexibility index (Phi) is 9.70. The van der Waals surface area contributed by atoms with Crippen molar-refractivity contribution in [2.24, 2.45) is 5.92 Å². The number of carbonyl (C=O) groups excluding carboxylic acids is 3. The molecule has 2 heterocycles. The molecule has 216 valence electrons. The second-order valence-electron chi connectivity index (χ2n) is 10.7. The summed E-state index contributed by atoms with van der Waals surface area (Å²) in [5, 5.41) is 6.26. The molecule has 9 heteroatoms. The number of rotatable bonds is 10. The van der Waals surface area contributed by atoms with Gasteiger partial charge in [-0.3, -0.25) is 14.4 Å². The Morgan fingerprint density at radius 1 is 1.12 bits per heavy atom. The number of ether oxygens (including phenoxy) is 1. The third-order valence-corrected chi connectivity index (χ3v) is 7.18. The third kappa shape index (κ3) is 7.48. The quantitative estimate of drug-likeness (QED) is 0.362. The highest BCUT2D eigenvalue weighted by molar-refractivity contribution is 5.97. The zero-order valence-corrected chi connectivity index (χ0v) is 23.9. The number of carbonyl (C=O) groups is 3. The molecule has 1 aliphatic rings. The van der Waals surface area contributed by atoms with Crippen LogP contribution in [0.4, 0.5) is 4.39 Å². The van der Waals surface area contributed by atoms with Crippen LogP contribution in [0.2, 0.25) is 0 Å². The fourth-order valence-electron chi connectivity index (χ4n) is 4.98. The Hall–Kier alpha value is -4.27. The summed E-state index contributed by atoms with van der Waals surface area (Å²) in [6, 6.07) is 12.1. The van der Waals surface area contributed by atoms with Gasteiger partial charge in [0.2, 0.25) is 11.8 Å². The van der Waals surface area contributed by atoms with Crippen molar-refractivity contribution < 1.29 is 23.5 Å². The fourth-order valence-corrected chi connectivity index (χ4v) is 4.98. The molecule has 0 bridgehead atoms. The second-order valence-corrected chi connectivity index (χ2v) is 10.7. The largest absolute Gasteiger partial charge is 0.497 e. The lowest BCUT2D eigenvalue weighted by molar-refractivity contribution is -0.137. The molecule has 0 saturated carbocycles. The summed E-state index contributed by atoms with van der Waals surface area (Å²) in [6.07, 6.45) is 6.35. The summed E-state index contributed by atoms with van der Waals surface area (Å²) >= 11 is 0. The minimum atomic E-state index is -0.617. The van der Waals surface area contributed by atoms with E-state index in [1.807, 2.05) is 25.1 Å². The highest BCUT2D eigenvalue weighted by Gasteiger charge is 2.34. The highest BCUT2D eigenvalue weighted by Crippen LogP contribution is 2.26. The number of fused-ring (bicyclic) bond motifs is 1. The van der Waals surface area contributed by atoms with Crippen LogP contribution in [0.3, 0.4) is 0 Å². The number of halogens is 1. The van der Waals surface area contributed by atoms with Crippen molar-refractivity contribution in [3.8, 4) is 5.75 Å². The number of likely N-dealkylation sites (tertiary alicyclic amines) is 1. The minimum absolute atomic E-state index is 0.124. The molecule has 0 spiro atoms. The molecule has 0 radical (unpaired) electrons. The highest BCUT2D eigenvalue weighted by atomic mass is 19.1. The van der Waals surface area contributed by atoms with Crippen LogP contribution in [0.1, 0.15) is 67.7 Å². The lowest BCUT2D eigenvalue weighted by atomic mass is 9.99. The predicted molar refractivity (Wildman–Crippen MR) is 157 cm³/mol. The molecule has 1 aromatic heterocycles. The molecule has 1 aliphatic heterocycles. The molecule has 1 unspecified atom stereocenters. The van der Waals surface area contributed by atoms with Crippen molar-refractivity contribution >= 4 is 34.7 Å². The number of benzene rings is 2. The molecule has 41 heavy (non-hydrogen) atoms. The maximum absolute atomic E-state index is 13.4. The first-order valence-corrected chi connectivity index (χ1v) is 13.9. The number of aromatic nitrogens is 1. The smallest absolute Gasteiger partial charge is 0.270 e. The number of hydrogen-bond donors (Lipinski definition) is 2. The van der Waals surface area contributed by atoms with Gasteiger partial charge in [0.05, 0.1) is 25.2 Å². The lowest BCUT2D eigenvalue weighted by Crippen LogP contribution is -2.49. The van der Waals surface area contributed by atoms with E-state index in [2.05, 4.69) is 41.6 Å². The number of amides is 3. The van der Waals surface area contributed by atoms with E-state index in [1.54, 1.807) is 13.2 Å². The maximum Gasteiger partial charge on any atom is 0.270 e. The van der Waals surface area contributed by atoms with Crippen LogP contribution in [0.15, 0.2) is 54.6 Å². The minimum Gasteiger partial charge on any atom is -0.497 e. The van der Waals surface area contributed by atoms with Gasteiger partial charge < -0.3 is 20.3 Å². The van der Waals surface area contributed by atoms with Crippen LogP contribution in [-0.2, 0) is 9.59 Å². The van der Waals surface area contributed by atoms with E-state index in [4.69, 9.17) is 4.74 Å². The van der Waals surface area contributed by atoms with Crippen LogP contribution in [-0.4, -0.2) is 53.8 Å². The number of methoxy groups -OCH3 is 1. The zero-order chi connectivity index (χ0) is 29.5. The number of allylic oxidation sites excluding steroid dienone is 1. The van der Waals surface area contributed by atoms with Gasteiger partial charge >= 0.3 is 0 Å². The van der Waals surface area contributed by atoms with E-state index < -0.39 is 11.9 Å². The van der Waals surface area contributed by atoms with Crippen molar-refractivity contribution in [1.29, 1.82) is 0 Å². The van der Waals surface area contributed by atoms with Crippen LogP contribution >= 0.6 is 0 Å². The lowest BCUT2D eigenvalue weighted by Gasteiger charge is -2.26. The van der Waals surface area contributed by atoms with Crippen molar-refractivity contribution in [3.63, 3.8) is 0 Å². The van der Waals surface area contributed by atoms with Crippen LogP contribution < -0.4 is 15.4 Å². The van der Waals surface area contributed by atoms with Gasteiger partial charge in [-0.05, 0) is 79.6 Å². The molecule has 3 aromatic rings. The molecule has 1 saturated heterocycles. The summed E-state index contributed by atoms with van der Waals surface area (Å²) in [7, 11) is 1.62. The van der Waals surface area contributed by atoms with E-state index >= 15 is 0 Å². The summed E-state index contributed by atoms with van der Waals surface area (Å²) in [5.41, 5.74) is 2.52. The van der Waals surface area contributed by atoms with E-state index in [0.29, 0.717) is 36.2 Å². The van der Waals surface area contributed by atoms with Crippen molar-refractivity contribution in [2.75, 3.05) is 20.2 Å². The van der Waals surface area contributed by atoms with Crippen molar-refractivity contribution in [1.82, 2.24) is 20.5 Å². The molecule has 1 fully saturated rings. The Morgan fingerprint density at radius 3 is 2.68 bits per heavy atom. The number of nitrogens with zero attached hydrogens (tertiary/aromatic N) is 2. The Bertz CT molecular complexity index is 1450. The van der Waals surface area contributed by atoms with Gasteiger partial charge in [0.1, 0.15) is 23.3 Å². The predicted octanol–water partition coefficient (Wildman–Crippen LogP) is 5.04. The topological polar surface area (TPSA) is 101 Å². The summed E-state index contributed by atoms with van der Waals surface area (Å²) < 4.78 is 18.8. The van der Waals surface area contributed by atoms with Crippen molar-refractivity contribution in [3.05, 3.63) is 77.2 Å². The first kappa shape index (κ1) is 29.7. The van der Waals surface area contributed by atoms with Gasteiger partial charge in [-0.15, -0.1) is 0 Å². The van der Waals surface area contributed by atoms with Crippen molar-refractivity contribution in [2.45, 2.75) is 52.1 Å². The molecule has 2 atom stereocenters. The van der Waals surface area contributed by atoms with E-state index in [1.165, 1.54) is 29.2 Å². The number of pyridine rings is 1. The molecule has 8 nitrogen and oxygen atoms in total. The first-order valence-electron chi connectivity index (χ1n) is 13.9. The van der Waals surface area contributed by atoms with Gasteiger partial charge in [-0.25, -0.2) is 9.37 Å². The van der Waals surface area contributed by atoms with E-state index in [-0.39, 0.29) is 35.9 Å². The third-order valence-electron chi connectivity index (χ3n) is 7.18. The fraction of sp³-hybridized carbons (Fsp3) is 0.375. The zero-order valence-electron chi connectivity index (χ0n) is 23.9. The van der Waals surface area contributed by atoms with Gasteiger partial charge in [-0.1, -0.05) is 38.1 Å². The molecule has 4 rings (SSSR count). The number of nitrogens with one attached hydrogen (secondary N) is 2. The Labute approximate surface area is 240 Å². The van der Waals surface area contributed by atoms with E-state index in [0.717, 1.165) is 23.3 Å². The average Bonchev–Trinajstić information content (AvgIpc) is 3.45. The molecule has 2 aromatic carbocycles. The molecule has 3 amide bonds. The Balaban J connectivity index is 1.38. The van der Waals surface area contributed by atoms with Gasteiger partial charge in [0.15, 0.2) is 0 Å². The van der Waals surface area contributed by atoms with Crippen LogP contribution in [0, 0.1) is 11.7 Å². The van der Waals surface area contributed by atoms with Gasteiger partial charge in [0, 0.05) is 11.9 Å². The molecular formula is C32H37FN4O4. The van der Waals surface area contributed by atoms with Gasteiger partial charge in [-0.2, -0.15) is 0 Å². The van der Waals surface area contributed by atoms with Crippen LogP contribution in [0.5, 0.6) is 5.75 Å². The monoisotopic (exact) mass is 560 g/mol. The second kappa shape index (κ2) is 13.4. The van der Waals surface area contributed by atoms with E-state index in [9.17, 15) is 18.8 Å². The standard InChI is InChI=1S/C32H37FN4O4/c1-20(2)7-5-8-22-18-25(41-4)12-13-26(22)21(3)35-32(40)29-9-6-16-37(29)30(38)19-34-31(39)28-14-10-23-17-24(33)11-15-27(23)36-28/h5,8,10-15,17-18,20-21,29H,6-7,9,16,19H2,1-4H3,(H,34,39)(H,35,40)/b8-5+/t21-,29?/m0/s1. The normalized spacial score (nSPS) is 15.9. The molecule has 0 aliphatic carbocycles.